The number of hydrogen-bond donors (Lipinski definition) is 1. The summed E-state index contributed by atoms with van der Waals surface area (Å²) in [5.74, 6) is 1.27. The van der Waals surface area contributed by atoms with E-state index in [0.717, 1.165) is 46.7 Å². The van der Waals surface area contributed by atoms with E-state index >= 15 is 0 Å². The topological polar surface area (TPSA) is 101 Å². The molecule has 1 saturated heterocycles. The standard InChI is InChI=1S/C22H27N5O3S2/c1-2-10-26(16-9-11-32(29,30)14-16)20(28)13-31-22-25-24-21(27(22)15-7-8-15)18-12-23-19-6-4-3-5-17(18)19/h3-6,12,15-16,23H,2,7-11,13-14H2,1H3. The molecule has 1 aliphatic carbocycles. The maximum absolute atomic E-state index is 13.1. The van der Waals surface area contributed by atoms with Gasteiger partial charge in [0, 0.05) is 41.3 Å². The van der Waals surface area contributed by atoms with Gasteiger partial charge in [0.2, 0.25) is 5.91 Å². The predicted molar refractivity (Wildman–Crippen MR) is 125 cm³/mol. The van der Waals surface area contributed by atoms with Crippen molar-refractivity contribution in [2.45, 2.75) is 49.8 Å². The zero-order valence-corrected chi connectivity index (χ0v) is 19.7. The zero-order chi connectivity index (χ0) is 22.3. The number of para-hydroxylation sites is 1. The van der Waals surface area contributed by atoms with Crippen LogP contribution in [-0.4, -0.2) is 68.8 Å². The summed E-state index contributed by atoms with van der Waals surface area (Å²) in [4.78, 5) is 18.1. The third-order valence-corrected chi connectivity index (χ3v) is 8.84. The van der Waals surface area contributed by atoms with E-state index in [0.29, 0.717) is 19.0 Å². The minimum Gasteiger partial charge on any atom is -0.360 e. The smallest absolute Gasteiger partial charge is 0.233 e. The number of H-pyrrole nitrogens is 1. The Balaban J connectivity index is 1.36. The third kappa shape index (κ3) is 4.17. The SMILES string of the molecule is CCCN(C(=O)CSc1nnc(-c2c[nH]c3ccccc23)n1C1CC1)C1CCS(=O)(=O)C1. The molecule has 8 nitrogen and oxygen atoms in total. The number of nitrogens with one attached hydrogen (secondary N) is 1. The molecule has 1 amide bonds. The molecule has 2 aliphatic rings. The van der Waals surface area contributed by atoms with Crippen LogP contribution in [0.15, 0.2) is 35.6 Å². The fourth-order valence-corrected chi connectivity index (χ4v) is 7.08. The molecule has 10 heteroatoms. The van der Waals surface area contributed by atoms with E-state index in [1.54, 1.807) is 4.90 Å². The van der Waals surface area contributed by atoms with E-state index in [1.165, 1.54) is 11.8 Å². The van der Waals surface area contributed by atoms with Crippen LogP contribution in [0.1, 0.15) is 38.6 Å². The molecule has 3 heterocycles. The number of amides is 1. The van der Waals surface area contributed by atoms with Crippen LogP contribution in [0.25, 0.3) is 22.3 Å². The van der Waals surface area contributed by atoms with Crippen molar-refractivity contribution < 1.29 is 13.2 Å². The number of thioether (sulfide) groups is 1. The summed E-state index contributed by atoms with van der Waals surface area (Å²) in [5.41, 5.74) is 2.07. The largest absolute Gasteiger partial charge is 0.360 e. The molecule has 1 unspecified atom stereocenters. The van der Waals surface area contributed by atoms with Crippen molar-refractivity contribution in [2.24, 2.45) is 0 Å². The first-order chi connectivity index (χ1) is 15.5. The van der Waals surface area contributed by atoms with Crippen LogP contribution < -0.4 is 0 Å². The van der Waals surface area contributed by atoms with Crippen LogP contribution in [-0.2, 0) is 14.6 Å². The fourth-order valence-electron chi connectivity index (χ4n) is 4.46. The summed E-state index contributed by atoms with van der Waals surface area (Å²) in [6.07, 6.45) is 5.46. The third-order valence-electron chi connectivity index (χ3n) is 6.17. The van der Waals surface area contributed by atoms with Gasteiger partial charge in [-0.25, -0.2) is 8.42 Å². The summed E-state index contributed by atoms with van der Waals surface area (Å²) in [6, 6.07) is 8.27. The number of nitrogens with zero attached hydrogens (tertiary/aromatic N) is 4. The van der Waals surface area contributed by atoms with Gasteiger partial charge < -0.3 is 9.88 Å². The van der Waals surface area contributed by atoms with E-state index in [-0.39, 0.29) is 29.2 Å². The van der Waals surface area contributed by atoms with E-state index in [9.17, 15) is 13.2 Å². The zero-order valence-electron chi connectivity index (χ0n) is 18.0. The predicted octanol–water partition coefficient (Wildman–Crippen LogP) is 3.28. The first-order valence-corrected chi connectivity index (χ1v) is 13.9. The molecular formula is C22H27N5O3S2. The number of carbonyl (C=O) groups excluding carboxylic acids is 1. The van der Waals surface area contributed by atoms with Crippen molar-refractivity contribution in [3.63, 3.8) is 0 Å². The molecule has 1 N–H and O–H groups in total. The van der Waals surface area contributed by atoms with Crippen molar-refractivity contribution in [3.05, 3.63) is 30.5 Å². The molecule has 5 rings (SSSR count). The highest BCUT2D eigenvalue weighted by molar-refractivity contribution is 7.99. The Hall–Kier alpha value is -2.33. The molecule has 1 aromatic carbocycles. The molecule has 170 valence electrons. The highest BCUT2D eigenvalue weighted by Crippen LogP contribution is 2.42. The van der Waals surface area contributed by atoms with E-state index in [2.05, 4.69) is 25.8 Å². The van der Waals surface area contributed by atoms with Gasteiger partial charge >= 0.3 is 0 Å². The van der Waals surface area contributed by atoms with Crippen LogP contribution in [0.3, 0.4) is 0 Å². The molecule has 3 aromatic rings. The Kier molecular flexibility index (Phi) is 5.75. The van der Waals surface area contributed by atoms with Gasteiger partial charge in [-0.3, -0.25) is 9.36 Å². The van der Waals surface area contributed by atoms with Crippen LogP contribution in [0.5, 0.6) is 0 Å². The average Bonchev–Trinajstić information content (AvgIpc) is 3.22. The molecule has 2 fully saturated rings. The number of aromatic amines is 1. The number of benzene rings is 1. The Morgan fingerprint density at radius 2 is 2.06 bits per heavy atom. The lowest BCUT2D eigenvalue weighted by Crippen LogP contribution is -2.42. The average molecular weight is 474 g/mol. The lowest BCUT2D eigenvalue weighted by molar-refractivity contribution is -0.130. The van der Waals surface area contributed by atoms with Crippen LogP contribution >= 0.6 is 11.8 Å². The molecule has 0 spiro atoms. The number of sulfone groups is 1. The second kappa shape index (κ2) is 8.55. The summed E-state index contributed by atoms with van der Waals surface area (Å²) in [5, 5.41) is 10.8. The maximum atomic E-state index is 13.1. The van der Waals surface area contributed by atoms with Gasteiger partial charge in [0.25, 0.3) is 0 Å². The Morgan fingerprint density at radius 3 is 2.78 bits per heavy atom. The number of hydrogen-bond acceptors (Lipinski definition) is 6. The van der Waals surface area contributed by atoms with Crippen molar-refractivity contribution >= 4 is 38.4 Å². The van der Waals surface area contributed by atoms with E-state index in [1.807, 2.05) is 31.3 Å². The van der Waals surface area contributed by atoms with Crippen molar-refractivity contribution in [1.82, 2.24) is 24.6 Å². The summed E-state index contributed by atoms with van der Waals surface area (Å²) in [6.45, 7) is 2.59. The van der Waals surface area contributed by atoms with Crippen molar-refractivity contribution in [2.75, 3.05) is 23.8 Å². The molecule has 0 radical (unpaired) electrons. The quantitative estimate of drug-likeness (QED) is 0.504. The summed E-state index contributed by atoms with van der Waals surface area (Å²) < 4.78 is 26.0. The molecule has 0 bridgehead atoms. The van der Waals surface area contributed by atoms with E-state index in [4.69, 9.17) is 0 Å². The van der Waals surface area contributed by atoms with Crippen LogP contribution in [0.4, 0.5) is 0 Å². The first-order valence-electron chi connectivity index (χ1n) is 11.1. The minimum atomic E-state index is -3.04. The Labute approximate surface area is 191 Å². The van der Waals surface area contributed by atoms with Gasteiger partial charge in [-0.2, -0.15) is 0 Å². The van der Waals surface area contributed by atoms with Crippen LogP contribution in [0.2, 0.25) is 0 Å². The lowest BCUT2D eigenvalue weighted by Gasteiger charge is -2.27. The monoisotopic (exact) mass is 473 g/mol. The number of aromatic nitrogens is 4. The van der Waals surface area contributed by atoms with Gasteiger partial charge in [-0.05, 0) is 31.7 Å². The number of carbonyl (C=O) groups is 1. The highest BCUT2D eigenvalue weighted by Gasteiger charge is 2.35. The number of fused-ring (bicyclic) bond motifs is 1. The molecule has 1 saturated carbocycles. The van der Waals surface area contributed by atoms with Gasteiger partial charge in [-0.15, -0.1) is 10.2 Å². The second-order valence-corrected chi connectivity index (χ2v) is 11.8. The van der Waals surface area contributed by atoms with Gasteiger partial charge in [0.15, 0.2) is 20.8 Å². The lowest BCUT2D eigenvalue weighted by atomic mass is 10.1. The second-order valence-electron chi connectivity index (χ2n) is 8.59. The normalized spacial score (nSPS) is 20.1. The molecular weight excluding hydrogens is 446 g/mol. The van der Waals surface area contributed by atoms with Crippen molar-refractivity contribution in [3.8, 4) is 11.4 Å². The van der Waals surface area contributed by atoms with Crippen LogP contribution in [0, 0.1) is 0 Å². The van der Waals surface area contributed by atoms with Crippen molar-refractivity contribution in [1.29, 1.82) is 0 Å². The summed E-state index contributed by atoms with van der Waals surface area (Å²) >= 11 is 1.40. The first kappa shape index (κ1) is 21.5. The highest BCUT2D eigenvalue weighted by atomic mass is 32.2. The molecule has 1 aliphatic heterocycles. The Morgan fingerprint density at radius 1 is 1.25 bits per heavy atom. The molecule has 2 aromatic heterocycles. The number of rotatable bonds is 8. The Bertz CT molecular complexity index is 1250. The van der Waals surface area contributed by atoms with Gasteiger partial charge in [-0.1, -0.05) is 36.9 Å². The molecule has 32 heavy (non-hydrogen) atoms. The van der Waals surface area contributed by atoms with Gasteiger partial charge in [0.05, 0.1) is 17.3 Å². The van der Waals surface area contributed by atoms with Gasteiger partial charge in [0.1, 0.15) is 0 Å². The maximum Gasteiger partial charge on any atom is 0.233 e. The van der Waals surface area contributed by atoms with E-state index < -0.39 is 9.84 Å². The molecule has 1 atom stereocenters. The minimum absolute atomic E-state index is 0.0297. The fraction of sp³-hybridized carbons (Fsp3) is 0.500. The summed E-state index contributed by atoms with van der Waals surface area (Å²) in [7, 11) is -3.04.